The predicted molar refractivity (Wildman–Crippen MR) is 238 cm³/mol. The van der Waals surface area contributed by atoms with E-state index in [2.05, 4.69) is 57.2 Å². The Bertz CT molecular complexity index is 953. The maximum absolute atomic E-state index is 12.7. The Morgan fingerprint density at radius 2 is 0.696 bits per heavy atom. The van der Waals surface area contributed by atoms with Gasteiger partial charge in [-0.25, -0.2) is 0 Å². The largest absolute Gasteiger partial charge is 0.462 e. The van der Waals surface area contributed by atoms with Crippen molar-refractivity contribution in [3.8, 4) is 0 Å². The fourth-order valence-electron chi connectivity index (χ4n) is 6.70. The molecule has 0 rings (SSSR count). The first kappa shape index (κ1) is 53.6. The van der Waals surface area contributed by atoms with Gasteiger partial charge in [-0.15, -0.1) is 0 Å². The van der Waals surface area contributed by atoms with E-state index in [0.29, 0.717) is 19.3 Å². The van der Waals surface area contributed by atoms with Crippen LogP contribution in [-0.4, -0.2) is 37.2 Å². The number of unbranched alkanes of at least 4 members (excludes halogenated alkanes) is 26. The average molecular weight is 787 g/mol. The van der Waals surface area contributed by atoms with E-state index in [-0.39, 0.29) is 31.1 Å². The van der Waals surface area contributed by atoms with Gasteiger partial charge in [-0.05, 0) is 64.2 Å². The van der Waals surface area contributed by atoms with Crippen LogP contribution in [0.15, 0.2) is 36.5 Å². The lowest BCUT2D eigenvalue weighted by molar-refractivity contribution is -0.167. The zero-order valence-electron chi connectivity index (χ0n) is 37.2. The second-order valence-corrected chi connectivity index (χ2v) is 16.0. The van der Waals surface area contributed by atoms with Crippen molar-refractivity contribution >= 4 is 17.9 Å². The van der Waals surface area contributed by atoms with Crippen LogP contribution in [0.4, 0.5) is 0 Å². The molecule has 326 valence electrons. The molecule has 56 heavy (non-hydrogen) atoms. The van der Waals surface area contributed by atoms with Gasteiger partial charge in [0.2, 0.25) is 0 Å². The number of hydrogen-bond acceptors (Lipinski definition) is 6. The summed E-state index contributed by atoms with van der Waals surface area (Å²) in [6.07, 6.45) is 51.2. The molecular formula is C50H90O6. The third-order valence-electron chi connectivity index (χ3n) is 10.3. The molecule has 0 aliphatic carbocycles. The summed E-state index contributed by atoms with van der Waals surface area (Å²) in [5.74, 6) is -0.898. The van der Waals surface area contributed by atoms with E-state index >= 15 is 0 Å². The Labute approximate surface area is 346 Å². The van der Waals surface area contributed by atoms with Crippen molar-refractivity contribution in [3.05, 3.63) is 36.5 Å². The Balaban J connectivity index is 4.38. The van der Waals surface area contributed by atoms with Gasteiger partial charge in [-0.1, -0.05) is 198 Å². The normalized spacial score (nSPS) is 12.3. The molecule has 1 unspecified atom stereocenters. The minimum atomic E-state index is -0.777. The minimum Gasteiger partial charge on any atom is -0.462 e. The van der Waals surface area contributed by atoms with Crippen molar-refractivity contribution in [1.29, 1.82) is 0 Å². The van der Waals surface area contributed by atoms with Gasteiger partial charge in [0, 0.05) is 19.3 Å². The summed E-state index contributed by atoms with van der Waals surface area (Å²) in [5, 5.41) is 0. The third-order valence-corrected chi connectivity index (χ3v) is 10.3. The van der Waals surface area contributed by atoms with Crippen LogP contribution >= 0.6 is 0 Å². The molecular weight excluding hydrogens is 697 g/mol. The number of ether oxygens (including phenoxy) is 3. The molecule has 0 spiro atoms. The summed E-state index contributed by atoms with van der Waals surface area (Å²) in [7, 11) is 0. The van der Waals surface area contributed by atoms with E-state index in [1.165, 1.54) is 109 Å². The van der Waals surface area contributed by atoms with Crippen molar-refractivity contribution in [2.75, 3.05) is 13.2 Å². The molecule has 0 heterocycles. The summed E-state index contributed by atoms with van der Waals surface area (Å²) in [4.78, 5) is 37.8. The van der Waals surface area contributed by atoms with Crippen LogP contribution in [0.1, 0.15) is 245 Å². The van der Waals surface area contributed by atoms with Crippen molar-refractivity contribution in [3.63, 3.8) is 0 Å². The van der Waals surface area contributed by atoms with Gasteiger partial charge < -0.3 is 14.2 Å². The molecule has 0 aliphatic rings. The maximum atomic E-state index is 12.7. The standard InChI is InChI=1S/C50H90O6/c1-4-7-10-13-16-19-22-24-26-28-31-34-37-40-43-49(52)55-46-47(45-54-48(51)42-39-36-33-30-27-21-18-15-12-9-6-3)56-50(53)44-41-38-35-32-29-25-23-20-17-14-11-8-5-2/h11,14-15,18,20,23,47H,4-10,12-13,16-17,19,21-22,24-46H2,1-3H3/b14-11-,18-15-,23-20-. The molecule has 0 aliphatic heterocycles. The quantitative estimate of drug-likeness (QED) is 0.0265. The van der Waals surface area contributed by atoms with Crippen molar-refractivity contribution in [2.45, 2.75) is 252 Å². The van der Waals surface area contributed by atoms with Crippen LogP contribution in [-0.2, 0) is 28.6 Å². The van der Waals surface area contributed by atoms with Gasteiger partial charge in [0.05, 0.1) is 0 Å². The number of carbonyl (C=O) groups excluding carboxylic acids is 3. The molecule has 0 aromatic carbocycles. The molecule has 0 aromatic heterocycles. The molecule has 1 atom stereocenters. The van der Waals surface area contributed by atoms with Crippen molar-refractivity contribution in [2.24, 2.45) is 0 Å². The highest BCUT2D eigenvalue weighted by Crippen LogP contribution is 2.15. The lowest BCUT2D eigenvalue weighted by atomic mass is 10.0. The molecule has 0 bridgehead atoms. The van der Waals surface area contributed by atoms with Gasteiger partial charge in [-0.3, -0.25) is 14.4 Å². The van der Waals surface area contributed by atoms with Crippen LogP contribution in [0.5, 0.6) is 0 Å². The second-order valence-electron chi connectivity index (χ2n) is 16.0. The number of allylic oxidation sites excluding steroid dienone is 6. The smallest absolute Gasteiger partial charge is 0.306 e. The van der Waals surface area contributed by atoms with Crippen molar-refractivity contribution < 1.29 is 28.6 Å². The SMILES string of the molecule is CCC/C=C\C/C=C\CCCCCCCC(=O)OC(COC(=O)CCCCCCC/C=C\CCCC)COC(=O)CCCCCCCCCCCCCCCC. The highest BCUT2D eigenvalue weighted by atomic mass is 16.6. The van der Waals surface area contributed by atoms with E-state index in [0.717, 1.165) is 96.3 Å². The van der Waals surface area contributed by atoms with E-state index in [1.807, 2.05) is 0 Å². The van der Waals surface area contributed by atoms with Gasteiger partial charge in [0.1, 0.15) is 13.2 Å². The lowest BCUT2D eigenvalue weighted by Crippen LogP contribution is -2.30. The highest BCUT2D eigenvalue weighted by molar-refractivity contribution is 5.71. The molecule has 6 heteroatoms. The Hall–Kier alpha value is -2.37. The number of carbonyl (C=O) groups is 3. The summed E-state index contributed by atoms with van der Waals surface area (Å²) in [6.45, 7) is 6.52. The molecule has 0 saturated heterocycles. The summed E-state index contributed by atoms with van der Waals surface area (Å²) >= 11 is 0. The average Bonchev–Trinajstić information content (AvgIpc) is 3.19. The van der Waals surface area contributed by atoms with Crippen LogP contribution in [0.2, 0.25) is 0 Å². The Morgan fingerprint density at radius 1 is 0.357 bits per heavy atom. The fraction of sp³-hybridized carbons (Fsp3) is 0.820. The van der Waals surface area contributed by atoms with Crippen LogP contribution in [0.25, 0.3) is 0 Å². The zero-order valence-corrected chi connectivity index (χ0v) is 37.2. The molecule has 0 radical (unpaired) electrons. The Kier molecular flexibility index (Phi) is 43.4. The monoisotopic (exact) mass is 787 g/mol. The van der Waals surface area contributed by atoms with E-state index in [9.17, 15) is 14.4 Å². The van der Waals surface area contributed by atoms with Crippen LogP contribution < -0.4 is 0 Å². The Morgan fingerprint density at radius 3 is 1.12 bits per heavy atom. The van der Waals surface area contributed by atoms with Gasteiger partial charge in [0.15, 0.2) is 6.10 Å². The highest BCUT2D eigenvalue weighted by Gasteiger charge is 2.19. The summed E-state index contributed by atoms with van der Waals surface area (Å²) < 4.78 is 16.7. The molecule has 0 N–H and O–H groups in total. The molecule has 0 amide bonds. The zero-order chi connectivity index (χ0) is 40.8. The minimum absolute atomic E-state index is 0.0781. The first-order valence-corrected chi connectivity index (χ1v) is 24.0. The third kappa shape index (κ3) is 42.8. The van der Waals surface area contributed by atoms with Gasteiger partial charge >= 0.3 is 17.9 Å². The van der Waals surface area contributed by atoms with E-state index in [4.69, 9.17) is 14.2 Å². The van der Waals surface area contributed by atoms with Crippen molar-refractivity contribution in [1.82, 2.24) is 0 Å². The molecule has 0 aromatic rings. The maximum Gasteiger partial charge on any atom is 0.306 e. The molecule has 6 nitrogen and oxygen atoms in total. The topological polar surface area (TPSA) is 78.9 Å². The first-order chi connectivity index (χ1) is 27.5. The number of rotatable bonds is 43. The van der Waals surface area contributed by atoms with Crippen LogP contribution in [0, 0.1) is 0 Å². The van der Waals surface area contributed by atoms with E-state index in [1.54, 1.807) is 0 Å². The second kappa shape index (κ2) is 45.3. The van der Waals surface area contributed by atoms with Gasteiger partial charge in [-0.2, -0.15) is 0 Å². The molecule has 0 fully saturated rings. The summed E-state index contributed by atoms with van der Waals surface area (Å²) in [6, 6.07) is 0. The van der Waals surface area contributed by atoms with Gasteiger partial charge in [0.25, 0.3) is 0 Å². The molecule has 0 saturated carbocycles. The van der Waals surface area contributed by atoms with E-state index < -0.39 is 6.10 Å². The predicted octanol–water partition coefficient (Wildman–Crippen LogP) is 15.4. The number of esters is 3. The lowest BCUT2D eigenvalue weighted by Gasteiger charge is -2.18. The van der Waals surface area contributed by atoms with Crippen LogP contribution in [0.3, 0.4) is 0 Å². The number of hydrogen-bond donors (Lipinski definition) is 0. The fourth-order valence-corrected chi connectivity index (χ4v) is 6.70. The summed E-state index contributed by atoms with van der Waals surface area (Å²) in [5.41, 5.74) is 0. The first-order valence-electron chi connectivity index (χ1n) is 24.0.